The van der Waals surface area contributed by atoms with Gasteiger partial charge in [-0.2, -0.15) is 13.2 Å². The predicted molar refractivity (Wildman–Crippen MR) is 74.4 cm³/mol. The largest absolute Gasteiger partial charge is 0.418 e. The number of carbonyl (C=O) groups excluding carboxylic acids is 2. The molecule has 1 N–H and O–H groups in total. The Morgan fingerprint density at radius 2 is 1.91 bits per heavy atom. The fourth-order valence-corrected chi connectivity index (χ4v) is 1.81. The standard InChI is InChI=1S/C14H17F3N2O3/c1-10(20)19(9-13(21)18-7-8-22-2)12-6-4-3-5-11(12)14(15,16)17/h3-6H,7-9H2,1-2H3,(H,18,21). The molecule has 0 aliphatic rings. The molecule has 1 aromatic carbocycles. The van der Waals surface area contributed by atoms with Gasteiger partial charge in [-0.15, -0.1) is 0 Å². The Labute approximate surface area is 126 Å². The third-order valence-electron chi connectivity index (χ3n) is 2.81. The van der Waals surface area contributed by atoms with Crippen molar-refractivity contribution >= 4 is 17.5 Å². The fraction of sp³-hybridized carbons (Fsp3) is 0.429. The van der Waals surface area contributed by atoms with Gasteiger partial charge in [-0.1, -0.05) is 12.1 Å². The van der Waals surface area contributed by atoms with Crippen LogP contribution in [0.3, 0.4) is 0 Å². The molecular formula is C14H17F3N2O3. The van der Waals surface area contributed by atoms with Crippen LogP contribution in [-0.4, -0.2) is 38.6 Å². The monoisotopic (exact) mass is 318 g/mol. The Kier molecular flexibility index (Phi) is 6.36. The van der Waals surface area contributed by atoms with E-state index >= 15 is 0 Å². The lowest BCUT2D eigenvalue weighted by Gasteiger charge is -2.24. The van der Waals surface area contributed by atoms with Crippen molar-refractivity contribution in [3.8, 4) is 0 Å². The van der Waals surface area contributed by atoms with Gasteiger partial charge >= 0.3 is 6.18 Å². The summed E-state index contributed by atoms with van der Waals surface area (Å²) < 4.78 is 43.8. The third-order valence-corrected chi connectivity index (χ3v) is 2.81. The summed E-state index contributed by atoms with van der Waals surface area (Å²) in [4.78, 5) is 24.2. The normalized spacial score (nSPS) is 11.1. The van der Waals surface area contributed by atoms with Gasteiger partial charge < -0.3 is 15.0 Å². The maximum absolute atomic E-state index is 13.0. The van der Waals surface area contributed by atoms with E-state index in [0.717, 1.165) is 24.0 Å². The molecule has 0 spiro atoms. The molecule has 0 radical (unpaired) electrons. The van der Waals surface area contributed by atoms with Crippen LogP contribution in [0.25, 0.3) is 0 Å². The summed E-state index contributed by atoms with van der Waals surface area (Å²) in [5.41, 5.74) is -1.31. The second-order valence-corrected chi connectivity index (χ2v) is 4.46. The highest BCUT2D eigenvalue weighted by molar-refractivity contribution is 5.98. The summed E-state index contributed by atoms with van der Waals surface area (Å²) in [6.07, 6.45) is -4.61. The number of para-hydroxylation sites is 1. The molecule has 5 nitrogen and oxygen atoms in total. The smallest absolute Gasteiger partial charge is 0.383 e. The van der Waals surface area contributed by atoms with E-state index in [1.165, 1.54) is 19.2 Å². The van der Waals surface area contributed by atoms with Crippen LogP contribution in [0.2, 0.25) is 0 Å². The first kappa shape index (κ1) is 18.0. The van der Waals surface area contributed by atoms with E-state index in [4.69, 9.17) is 4.74 Å². The van der Waals surface area contributed by atoms with Crippen LogP contribution in [0.1, 0.15) is 12.5 Å². The van der Waals surface area contributed by atoms with Gasteiger partial charge in [0.05, 0.1) is 17.9 Å². The third kappa shape index (κ3) is 5.03. The van der Waals surface area contributed by atoms with Crippen LogP contribution in [-0.2, 0) is 20.5 Å². The highest BCUT2D eigenvalue weighted by Crippen LogP contribution is 2.36. The first-order valence-corrected chi connectivity index (χ1v) is 6.47. The molecule has 0 saturated heterocycles. The van der Waals surface area contributed by atoms with E-state index in [2.05, 4.69) is 5.32 Å². The summed E-state index contributed by atoms with van der Waals surface area (Å²) in [6, 6.07) is 4.63. The van der Waals surface area contributed by atoms with Gasteiger partial charge in [-0.3, -0.25) is 9.59 Å². The van der Waals surface area contributed by atoms with Crippen molar-refractivity contribution in [2.75, 3.05) is 31.7 Å². The van der Waals surface area contributed by atoms with Gasteiger partial charge in [0, 0.05) is 20.6 Å². The quantitative estimate of drug-likeness (QED) is 0.814. The molecule has 8 heteroatoms. The van der Waals surface area contributed by atoms with Crippen LogP contribution in [0.4, 0.5) is 18.9 Å². The molecule has 0 atom stereocenters. The van der Waals surface area contributed by atoms with Crippen molar-refractivity contribution in [2.24, 2.45) is 0 Å². The van der Waals surface area contributed by atoms with E-state index in [0.29, 0.717) is 0 Å². The molecule has 1 aromatic rings. The fourth-order valence-electron chi connectivity index (χ4n) is 1.81. The van der Waals surface area contributed by atoms with Crippen molar-refractivity contribution in [1.29, 1.82) is 0 Å². The highest BCUT2D eigenvalue weighted by Gasteiger charge is 2.35. The zero-order valence-corrected chi connectivity index (χ0v) is 12.2. The summed E-state index contributed by atoms with van der Waals surface area (Å²) in [5, 5.41) is 2.46. The lowest BCUT2D eigenvalue weighted by molar-refractivity contribution is -0.137. The Balaban J connectivity index is 2.98. The molecule has 0 fully saturated rings. The topological polar surface area (TPSA) is 58.6 Å². The second kappa shape index (κ2) is 7.79. The van der Waals surface area contributed by atoms with Gasteiger partial charge in [0.25, 0.3) is 0 Å². The maximum Gasteiger partial charge on any atom is 0.418 e. The number of amides is 2. The van der Waals surface area contributed by atoms with Crippen LogP contribution in [0, 0.1) is 0 Å². The number of rotatable bonds is 6. The van der Waals surface area contributed by atoms with Crippen molar-refractivity contribution in [3.63, 3.8) is 0 Å². The van der Waals surface area contributed by atoms with Gasteiger partial charge in [-0.25, -0.2) is 0 Å². The molecule has 0 bridgehead atoms. The Bertz CT molecular complexity index is 532. The molecule has 0 aliphatic heterocycles. The van der Waals surface area contributed by atoms with Crippen molar-refractivity contribution in [2.45, 2.75) is 13.1 Å². The predicted octanol–water partition coefficient (Wildman–Crippen LogP) is 1.82. The van der Waals surface area contributed by atoms with Crippen LogP contribution >= 0.6 is 0 Å². The zero-order valence-electron chi connectivity index (χ0n) is 12.2. The van der Waals surface area contributed by atoms with Crippen molar-refractivity contribution in [3.05, 3.63) is 29.8 Å². The minimum Gasteiger partial charge on any atom is -0.383 e. The van der Waals surface area contributed by atoms with Crippen molar-refractivity contribution in [1.82, 2.24) is 5.32 Å². The molecule has 0 unspecified atom stereocenters. The Morgan fingerprint density at radius 3 is 2.45 bits per heavy atom. The molecule has 22 heavy (non-hydrogen) atoms. The van der Waals surface area contributed by atoms with E-state index in [9.17, 15) is 22.8 Å². The number of nitrogens with one attached hydrogen (secondary N) is 1. The van der Waals surface area contributed by atoms with Crippen LogP contribution in [0.5, 0.6) is 0 Å². The SMILES string of the molecule is COCCNC(=O)CN(C(C)=O)c1ccccc1C(F)(F)F. The average Bonchev–Trinajstić information content (AvgIpc) is 2.44. The first-order valence-electron chi connectivity index (χ1n) is 6.47. The second-order valence-electron chi connectivity index (χ2n) is 4.46. The number of carbonyl (C=O) groups is 2. The van der Waals surface area contributed by atoms with Crippen LogP contribution < -0.4 is 10.2 Å². The van der Waals surface area contributed by atoms with Gasteiger partial charge in [-0.05, 0) is 12.1 Å². The molecule has 2 amide bonds. The molecule has 122 valence electrons. The number of ether oxygens (including phenoxy) is 1. The average molecular weight is 318 g/mol. The molecule has 0 heterocycles. The summed E-state index contributed by atoms with van der Waals surface area (Å²) >= 11 is 0. The summed E-state index contributed by atoms with van der Waals surface area (Å²) in [7, 11) is 1.45. The minimum atomic E-state index is -4.61. The van der Waals surface area contributed by atoms with Gasteiger partial charge in [0.1, 0.15) is 6.54 Å². The maximum atomic E-state index is 13.0. The summed E-state index contributed by atoms with van der Waals surface area (Å²) in [6.45, 7) is 1.09. The first-order chi connectivity index (χ1) is 10.3. The van der Waals surface area contributed by atoms with Crippen molar-refractivity contribution < 1.29 is 27.5 Å². The molecule has 0 aliphatic carbocycles. The number of halogens is 3. The van der Waals surface area contributed by atoms with E-state index < -0.39 is 30.1 Å². The highest BCUT2D eigenvalue weighted by atomic mass is 19.4. The number of methoxy groups -OCH3 is 1. The number of anilines is 1. The number of benzene rings is 1. The van der Waals surface area contributed by atoms with Gasteiger partial charge in [0.15, 0.2) is 0 Å². The number of alkyl halides is 3. The zero-order chi connectivity index (χ0) is 16.8. The summed E-state index contributed by atoms with van der Waals surface area (Å²) in [5.74, 6) is -1.22. The lowest BCUT2D eigenvalue weighted by Crippen LogP contribution is -2.41. The molecule has 0 aromatic heterocycles. The minimum absolute atomic E-state index is 0.210. The lowest BCUT2D eigenvalue weighted by atomic mass is 10.1. The number of hydrogen-bond donors (Lipinski definition) is 1. The molecule has 1 rings (SSSR count). The number of hydrogen-bond acceptors (Lipinski definition) is 3. The molecule has 0 saturated carbocycles. The Hall–Kier alpha value is -2.09. The number of nitrogens with zero attached hydrogens (tertiary/aromatic N) is 1. The molecular weight excluding hydrogens is 301 g/mol. The van der Waals surface area contributed by atoms with E-state index in [1.807, 2.05) is 0 Å². The van der Waals surface area contributed by atoms with Gasteiger partial charge in [0.2, 0.25) is 11.8 Å². The van der Waals surface area contributed by atoms with Crippen LogP contribution in [0.15, 0.2) is 24.3 Å². The van der Waals surface area contributed by atoms with E-state index in [-0.39, 0.29) is 18.8 Å². The Morgan fingerprint density at radius 1 is 1.27 bits per heavy atom. The van der Waals surface area contributed by atoms with E-state index in [1.54, 1.807) is 0 Å².